The summed E-state index contributed by atoms with van der Waals surface area (Å²) < 4.78 is 12.1. The van der Waals surface area contributed by atoms with Gasteiger partial charge in [-0.1, -0.05) is 30.3 Å². The number of rotatable bonds is 3. The maximum absolute atomic E-state index is 6.48. The summed E-state index contributed by atoms with van der Waals surface area (Å²) in [6, 6.07) is 13.9. The molecule has 2 aromatic rings. The van der Waals surface area contributed by atoms with Crippen molar-refractivity contribution in [2.24, 2.45) is 16.7 Å². The van der Waals surface area contributed by atoms with Gasteiger partial charge in [0.2, 0.25) is 0 Å². The Hall–Kier alpha value is -2.99. The lowest BCUT2D eigenvalue weighted by Crippen LogP contribution is -2.46. The highest BCUT2D eigenvalue weighted by Gasteiger charge is 2.38. The fraction of sp³-hybridized carbons (Fsp3) is 0.286. The van der Waals surface area contributed by atoms with E-state index in [1.807, 2.05) is 42.5 Å². The van der Waals surface area contributed by atoms with E-state index in [2.05, 4.69) is 16.5 Å². The molecule has 0 bridgehead atoms. The van der Waals surface area contributed by atoms with Crippen molar-refractivity contribution in [3.05, 3.63) is 65.2 Å². The average molecular weight is 364 g/mol. The van der Waals surface area contributed by atoms with E-state index in [1.165, 1.54) is 0 Å². The summed E-state index contributed by atoms with van der Waals surface area (Å²) in [6.07, 6.45) is 4.12. The van der Waals surface area contributed by atoms with E-state index in [0.717, 1.165) is 59.7 Å². The van der Waals surface area contributed by atoms with Crippen LogP contribution in [0.1, 0.15) is 29.5 Å². The summed E-state index contributed by atoms with van der Waals surface area (Å²) in [5.41, 5.74) is 9.50. The normalized spacial score (nSPS) is 18.4. The van der Waals surface area contributed by atoms with Crippen LogP contribution in [0.4, 0.5) is 0 Å². The minimum absolute atomic E-state index is 0.295. The summed E-state index contributed by atoms with van der Waals surface area (Å²) in [4.78, 5) is 0. The van der Waals surface area contributed by atoms with Gasteiger partial charge in [0, 0.05) is 18.4 Å². The van der Waals surface area contributed by atoms with Gasteiger partial charge in [0.15, 0.2) is 0 Å². The van der Waals surface area contributed by atoms with Gasteiger partial charge in [-0.2, -0.15) is 5.10 Å². The van der Waals surface area contributed by atoms with Gasteiger partial charge in [0.1, 0.15) is 22.9 Å². The maximum Gasteiger partial charge on any atom is 0.150 e. The second kappa shape index (κ2) is 6.96. The number of hydrogen-bond donors (Lipinski definition) is 3. The van der Waals surface area contributed by atoms with Crippen LogP contribution < -0.4 is 26.4 Å². The number of fused-ring (bicyclic) bond motifs is 1. The van der Waals surface area contributed by atoms with Crippen molar-refractivity contribution in [3.63, 3.8) is 0 Å². The Morgan fingerprint density at radius 2 is 1.89 bits per heavy atom. The number of nitrogens with one attached hydrogen (secondary N) is 1. The Labute approximate surface area is 158 Å². The number of hydrogen-bond acceptors (Lipinski definition) is 5. The van der Waals surface area contributed by atoms with Crippen molar-refractivity contribution in [2.75, 3.05) is 20.2 Å². The zero-order chi connectivity index (χ0) is 18.9. The van der Waals surface area contributed by atoms with Gasteiger partial charge in [-0.15, -0.1) is 0 Å². The summed E-state index contributed by atoms with van der Waals surface area (Å²) in [7, 11) is 1.68. The van der Waals surface area contributed by atoms with E-state index in [4.69, 9.17) is 21.1 Å². The van der Waals surface area contributed by atoms with Crippen LogP contribution in [0.3, 0.4) is 0 Å². The molecule has 0 aliphatic carbocycles. The number of nitrogens with zero attached hydrogens (tertiary/aromatic N) is 1. The lowest BCUT2D eigenvalue weighted by molar-refractivity contribution is 0.0813. The highest BCUT2D eigenvalue weighted by molar-refractivity contribution is 5.98. The number of piperidine rings is 1. The van der Waals surface area contributed by atoms with E-state index >= 15 is 0 Å². The second-order valence-electron chi connectivity index (χ2n) is 6.90. The molecule has 0 unspecified atom stereocenters. The van der Waals surface area contributed by atoms with Gasteiger partial charge >= 0.3 is 0 Å². The zero-order valence-electron chi connectivity index (χ0n) is 15.4. The van der Waals surface area contributed by atoms with Crippen molar-refractivity contribution >= 4 is 11.4 Å². The molecule has 1 saturated heterocycles. The van der Waals surface area contributed by atoms with Crippen LogP contribution in [0.5, 0.6) is 11.5 Å². The van der Waals surface area contributed by atoms with Crippen molar-refractivity contribution in [2.45, 2.75) is 18.4 Å². The molecule has 2 heterocycles. The molecule has 2 aromatic carbocycles. The van der Waals surface area contributed by atoms with Crippen LogP contribution in [0.15, 0.2) is 53.6 Å². The summed E-state index contributed by atoms with van der Waals surface area (Å²) >= 11 is 0. The number of amidine groups is 1. The van der Waals surface area contributed by atoms with Crippen LogP contribution in [0.2, 0.25) is 0 Å². The van der Waals surface area contributed by atoms with E-state index < -0.39 is 0 Å². The molecule has 0 aromatic heterocycles. The van der Waals surface area contributed by atoms with Crippen molar-refractivity contribution in [3.8, 4) is 11.5 Å². The molecule has 1 spiro atoms. The first-order valence-electron chi connectivity index (χ1n) is 9.10. The summed E-state index contributed by atoms with van der Waals surface area (Å²) in [6.45, 7) is 1.87. The molecule has 2 aliphatic heterocycles. The number of benzene rings is 2. The first-order valence-corrected chi connectivity index (χ1v) is 9.10. The van der Waals surface area contributed by atoms with E-state index in [1.54, 1.807) is 7.11 Å². The van der Waals surface area contributed by atoms with Gasteiger partial charge in [-0.3, -0.25) is 0 Å². The molecule has 5 N–H and O–H groups in total. The summed E-state index contributed by atoms with van der Waals surface area (Å²) in [5, 5.41) is 6.98. The number of ether oxygens (including phenoxy) is 2. The number of methoxy groups -OCH3 is 1. The van der Waals surface area contributed by atoms with E-state index in [9.17, 15) is 0 Å². The van der Waals surface area contributed by atoms with Crippen LogP contribution >= 0.6 is 0 Å². The van der Waals surface area contributed by atoms with Gasteiger partial charge in [0.25, 0.3) is 0 Å². The minimum Gasteiger partial charge on any atom is -0.496 e. The third-order valence-corrected chi connectivity index (χ3v) is 5.28. The molecular weight excluding hydrogens is 340 g/mol. The molecule has 0 radical (unpaired) electrons. The Kier molecular flexibility index (Phi) is 4.49. The van der Waals surface area contributed by atoms with Crippen LogP contribution in [-0.2, 0) is 0 Å². The predicted octanol–water partition coefficient (Wildman–Crippen LogP) is 2.22. The third-order valence-electron chi connectivity index (χ3n) is 5.28. The quantitative estimate of drug-likeness (QED) is 0.336. The molecule has 140 valence electrons. The van der Waals surface area contributed by atoms with Gasteiger partial charge in [-0.05, 0) is 42.4 Å². The molecule has 6 heteroatoms. The Bertz CT molecular complexity index is 897. The molecule has 4 rings (SSSR count). The predicted molar refractivity (Wildman–Crippen MR) is 107 cm³/mol. The third kappa shape index (κ3) is 3.13. The van der Waals surface area contributed by atoms with Gasteiger partial charge in [-0.25, -0.2) is 0 Å². The SMILES string of the molecule is COc1cccc2c1C(c1ccc(/C(N)=N/N)cc1)=CC1(CCNCC1)O2. The minimum atomic E-state index is -0.295. The molecule has 0 amide bonds. The standard InChI is InChI=1S/C21H24N4O2/c1-26-17-3-2-4-18-19(17)16(13-21(27-18)9-11-24-12-10-21)14-5-7-15(8-6-14)20(22)25-23/h2-8,13,24H,9-12,23H2,1H3,(H2,22,25). The molecule has 2 aliphatic rings. The first-order chi connectivity index (χ1) is 13.2. The van der Waals surface area contributed by atoms with Gasteiger partial charge in [0.05, 0.1) is 12.7 Å². The zero-order valence-corrected chi connectivity index (χ0v) is 15.4. The largest absolute Gasteiger partial charge is 0.496 e. The fourth-order valence-corrected chi connectivity index (χ4v) is 3.83. The topological polar surface area (TPSA) is 94.9 Å². The number of nitrogens with two attached hydrogens (primary N) is 2. The average Bonchev–Trinajstić information content (AvgIpc) is 2.72. The Morgan fingerprint density at radius 3 is 2.56 bits per heavy atom. The Balaban J connectivity index is 1.85. The maximum atomic E-state index is 6.48. The highest BCUT2D eigenvalue weighted by Crippen LogP contribution is 2.46. The van der Waals surface area contributed by atoms with Crippen LogP contribution in [0.25, 0.3) is 5.57 Å². The highest BCUT2D eigenvalue weighted by atomic mass is 16.5. The molecule has 6 nitrogen and oxygen atoms in total. The van der Waals surface area contributed by atoms with E-state index in [-0.39, 0.29) is 5.60 Å². The van der Waals surface area contributed by atoms with Crippen molar-refractivity contribution < 1.29 is 9.47 Å². The molecule has 1 fully saturated rings. The number of hydrazone groups is 1. The van der Waals surface area contributed by atoms with Crippen LogP contribution in [-0.4, -0.2) is 31.6 Å². The molecule has 27 heavy (non-hydrogen) atoms. The molecule has 0 saturated carbocycles. The lowest BCUT2D eigenvalue weighted by Gasteiger charge is -2.40. The molecular formula is C21H24N4O2. The molecule has 0 atom stereocenters. The smallest absolute Gasteiger partial charge is 0.150 e. The monoisotopic (exact) mass is 364 g/mol. The van der Waals surface area contributed by atoms with Crippen molar-refractivity contribution in [1.82, 2.24) is 5.32 Å². The van der Waals surface area contributed by atoms with Crippen molar-refractivity contribution in [1.29, 1.82) is 0 Å². The van der Waals surface area contributed by atoms with Crippen LogP contribution in [0, 0.1) is 0 Å². The summed E-state index contributed by atoms with van der Waals surface area (Å²) in [5.74, 6) is 7.27. The fourth-order valence-electron chi connectivity index (χ4n) is 3.83. The first kappa shape index (κ1) is 17.4. The van der Waals surface area contributed by atoms with Gasteiger partial charge < -0.3 is 26.4 Å². The van der Waals surface area contributed by atoms with E-state index in [0.29, 0.717) is 5.84 Å². The second-order valence-corrected chi connectivity index (χ2v) is 6.90. The lowest BCUT2D eigenvalue weighted by atomic mass is 9.83. The Morgan fingerprint density at radius 1 is 1.15 bits per heavy atom.